The molecule has 0 unspecified atom stereocenters. The molecule has 0 N–H and O–H groups in total. The average molecular weight is 467 g/mol. The highest BCUT2D eigenvalue weighted by Crippen LogP contribution is 2.34. The number of rotatable bonds is 5. The SMILES string of the molecule is Cc1nc2ccccc2c2c1C(=O)N(c1cccc(C(=O)OCc3ccccc3[N+](=O)[O-])c1)C2=O. The molecule has 0 atom stereocenters. The second kappa shape index (κ2) is 8.45. The van der Waals surface area contributed by atoms with Gasteiger partial charge in [-0.15, -0.1) is 0 Å². The lowest BCUT2D eigenvalue weighted by Crippen LogP contribution is -2.29. The van der Waals surface area contributed by atoms with Gasteiger partial charge in [0.05, 0.1) is 44.1 Å². The Labute approximate surface area is 198 Å². The summed E-state index contributed by atoms with van der Waals surface area (Å²) in [6.45, 7) is 1.38. The van der Waals surface area contributed by atoms with Gasteiger partial charge in [0.25, 0.3) is 17.5 Å². The molecule has 1 aliphatic heterocycles. The zero-order valence-corrected chi connectivity index (χ0v) is 18.4. The number of nitro benzene ring substituents is 1. The highest BCUT2D eigenvalue weighted by molar-refractivity contribution is 6.37. The number of nitrogens with zero attached hydrogens (tertiary/aromatic N) is 3. The van der Waals surface area contributed by atoms with Crippen LogP contribution in [0.3, 0.4) is 0 Å². The first-order valence-electron chi connectivity index (χ1n) is 10.6. The van der Waals surface area contributed by atoms with E-state index in [2.05, 4.69) is 4.98 Å². The number of nitro groups is 1. The maximum absolute atomic E-state index is 13.4. The summed E-state index contributed by atoms with van der Waals surface area (Å²) in [4.78, 5) is 55.4. The van der Waals surface area contributed by atoms with E-state index in [-0.39, 0.29) is 40.2 Å². The molecule has 0 saturated carbocycles. The molecule has 2 amide bonds. The van der Waals surface area contributed by atoms with Crippen molar-refractivity contribution in [3.05, 3.63) is 111 Å². The summed E-state index contributed by atoms with van der Waals surface area (Å²) in [6.07, 6.45) is 0. The number of aromatic nitrogens is 1. The van der Waals surface area contributed by atoms with Crippen molar-refractivity contribution in [3.8, 4) is 0 Å². The van der Waals surface area contributed by atoms with Gasteiger partial charge >= 0.3 is 5.97 Å². The van der Waals surface area contributed by atoms with Crippen LogP contribution in [0.1, 0.15) is 42.3 Å². The van der Waals surface area contributed by atoms with Gasteiger partial charge in [-0.1, -0.05) is 36.4 Å². The predicted molar refractivity (Wildman–Crippen MR) is 126 cm³/mol. The van der Waals surface area contributed by atoms with Crippen LogP contribution < -0.4 is 4.90 Å². The Morgan fingerprint density at radius 2 is 1.69 bits per heavy atom. The van der Waals surface area contributed by atoms with Crippen molar-refractivity contribution >= 4 is 40.1 Å². The van der Waals surface area contributed by atoms with Crippen molar-refractivity contribution < 1.29 is 24.0 Å². The minimum atomic E-state index is -0.745. The van der Waals surface area contributed by atoms with Gasteiger partial charge in [-0.05, 0) is 37.3 Å². The Hall–Kier alpha value is -4.92. The summed E-state index contributed by atoms with van der Waals surface area (Å²) in [7, 11) is 0. The fourth-order valence-corrected chi connectivity index (χ4v) is 4.18. The molecule has 2 heterocycles. The number of ether oxygens (including phenoxy) is 1. The van der Waals surface area contributed by atoms with Gasteiger partial charge in [0, 0.05) is 11.5 Å². The minimum Gasteiger partial charge on any atom is -0.457 e. The molecule has 0 bridgehead atoms. The number of esters is 1. The van der Waals surface area contributed by atoms with E-state index in [0.717, 1.165) is 4.90 Å². The highest BCUT2D eigenvalue weighted by Gasteiger charge is 2.40. The number of carbonyl (C=O) groups excluding carboxylic acids is 3. The van der Waals surface area contributed by atoms with E-state index in [4.69, 9.17) is 4.74 Å². The van der Waals surface area contributed by atoms with Crippen LogP contribution in [0.25, 0.3) is 10.9 Å². The van der Waals surface area contributed by atoms with Gasteiger partial charge in [-0.2, -0.15) is 0 Å². The number of carbonyl (C=O) groups is 3. The fourth-order valence-electron chi connectivity index (χ4n) is 4.18. The van der Waals surface area contributed by atoms with E-state index in [0.29, 0.717) is 16.6 Å². The van der Waals surface area contributed by atoms with Gasteiger partial charge in [0.15, 0.2) is 0 Å². The van der Waals surface area contributed by atoms with Crippen LogP contribution in [0.5, 0.6) is 0 Å². The minimum absolute atomic E-state index is 0.0948. The number of fused-ring (bicyclic) bond motifs is 3. The standard InChI is InChI=1S/C26H17N3O6/c1-15-22-23(19-10-3-4-11-20(19)27-15)25(31)28(24(22)30)18-9-6-8-16(13-18)26(32)35-14-17-7-2-5-12-21(17)29(33)34/h2-13H,14H2,1H3. The molecule has 9 heteroatoms. The molecule has 9 nitrogen and oxygen atoms in total. The Balaban J connectivity index is 1.44. The largest absolute Gasteiger partial charge is 0.457 e. The van der Waals surface area contributed by atoms with Gasteiger partial charge in [0.1, 0.15) is 6.61 Å². The third-order valence-corrected chi connectivity index (χ3v) is 5.79. The molecule has 0 saturated heterocycles. The smallest absolute Gasteiger partial charge is 0.338 e. The van der Waals surface area contributed by atoms with E-state index >= 15 is 0 Å². The molecule has 35 heavy (non-hydrogen) atoms. The van der Waals surface area contributed by atoms with Crippen molar-refractivity contribution in [3.63, 3.8) is 0 Å². The number of aryl methyl sites for hydroxylation is 1. The number of amides is 2. The molecular weight excluding hydrogens is 450 g/mol. The highest BCUT2D eigenvalue weighted by atomic mass is 16.6. The zero-order valence-electron chi connectivity index (χ0n) is 18.4. The van der Waals surface area contributed by atoms with Crippen molar-refractivity contribution in [2.75, 3.05) is 4.90 Å². The van der Waals surface area contributed by atoms with E-state index in [1.807, 2.05) is 0 Å². The van der Waals surface area contributed by atoms with Gasteiger partial charge < -0.3 is 4.74 Å². The number of pyridine rings is 1. The van der Waals surface area contributed by atoms with Crippen LogP contribution in [-0.2, 0) is 11.3 Å². The lowest BCUT2D eigenvalue weighted by molar-refractivity contribution is -0.385. The topological polar surface area (TPSA) is 120 Å². The van der Waals surface area contributed by atoms with Crippen molar-refractivity contribution in [2.45, 2.75) is 13.5 Å². The molecule has 0 radical (unpaired) electrons. The lowest BCUT2D eigenvalue weighted by atomic mass is 10.0. The number of hydrogen-bond acceptors (Lipinski definition) is 7. The lowest BCUT2D eigenvalue weighted by Gasteiger charge is -2.15. The molecule has 0 fully saturated rings. The number of para-hydroxylation sites is 2. The third-order valence-electron chi connectivity index (χ3n) is 5.79. The molecule has 1 aromatic heterocycles. The number of hydrogen-bond donors (Lipinski definition) is 0. The quantitative estimate of drug-likeness (QED) is 0.182. The molecule has 3 aromatic carbocycles. The number of imide groups is 1. The third kappa shape index (κ3) is 3.68. The summed E-state index contributed by atoms with van der Waals surface area (Å²) in [5, 5.41) is 11.8. The predicted octanol–water partition coefficient (Wildman–Crippen LogP) is 4.61. The summed E-state index contributed by atoms with van der Waals surface area (Å²) in [5.74, 6) is -1.77. The average Bonchev–Trinajstić information content (AvgIpc) is 3.13. The molecule has 0 spiro atoms. The summed E-state index contributed by atoms with van der Waals surface area (Å²) in [6, 6.07) is 19.0. The van der Waals surface area contributed by atoms with Crippen LogP contribution in [0.2, 0.25) is 0 Å². The van der Waals surface area contributed by atoms with Crippen molar-refractivity contribution in [2.24, 2.45) is 0 Å². The summed E-state index contributed by atoms with van der Waals surface area (Å²) >= 11 is 0. The Bertz CT molecular complexity index is 1560. The number of benzene rings is 3. The van der Waals surface area contributed by atoms with E-state index in [9.17, 15) is 24.5 Å². The Morgan fingerprint density at radius 1 is 0.971 bits per heavy atom. The van der Waals surface area contributed by atoms with Crippen LogP contribution in [0, 0.1) is 17.0 Å². The Morgan fingerprint density at radius 3 is 2.49 bits per heavy atom. The van der Waals surface area contributed by atoms with E-state index < -0.39 is 22.7 Å². The van der Waals surface area contributed by atoms with Gasteiger partial charge in [0.2, 0.25) is 0 Å². The van der Waals surface area contributed by atoms with E-state index in [1.165, 1.54) is 36.4 Å². The first-order chi connectivity index (χ1) is 16.9. The maximum Gasteiger partial charge on any atom is 0.338 e. The van der Waals surface area contributed by atoms with Crippen LogP contribution in [0.4, 0.5) is 11.4 Å². The second-order valence-corrected chi connectivity index (χ2v) is 7.92. The van der Waals surface area contributed by atoms with Gasteiger partial charge in [-0.3, -0.25) is 24.7 Å². The molecular formula is C26H17N3O6. The van der Waals surface area contributed by atoms with Crippen LogP contribution in [0.15, 0.2) is 72.8 Å². The van der Waals surface area contributed by atoms with Crippen LogP contribution >= 0.6 is 0 Å². The van der Waals surface area contributed by atoms with E-state index in [1.54, 1.807) is 43.3 Å². The van der Waals surface area contributed by atoms with Gasteiger partial charge in [-0.25, -0.2) is 9.69 Å². The fraction of sp³-hybridized carbons (Fsp3) is 0.0769. The van der Waals surface area contributed by atoms with Crippen LogP contribution in [-0.4, -0.2) is 27.7 Å². The molecule has 1 aliphatic rings. The first kappa shape index (κ1) is 21.9. The van der Waals surface area contributed by atoms with Crippen molar-refractivity contribution in [1.82, 2.24) is 4.98 Å². The number of anilines is 1. The second-order valence-electron chi connectivity index (χ2n) is 7.92. The van der Waals surface area contributed by atoms with Crippen molar-refractivity contribution in [1.29, 1.82) is 0 Å². The molecule has 5 rings (SSSR count). The summed E-state index contributed by atoms with van der Waals surface area (Å²) < 4.78 is 5.27. The molecule has 0 aliphatic carbocycles. The maximum atomic E-state index is 13.4. The zero-order chi connectivity index (χ0) is 24.7. The Kier molecular flexibility index (Phi) is 5.29. The first-order valence-corrected chi connectivity index (χ1v) is 10.6. The molecule has 172 valence electrons. The molecule has 4 aromatic rings. The summed E-state index contributed by atoms with van der Waals surface area (Å²) in [5.41, 5.74) is 1.96. The normalized spacial score (nSPS) is 12.7. The monoisotopic (exact) mass is 467 g/mol.